The van der Waals surface area contributed by atoms with Crippen LogP contribution >= 0.6 is 12.2 Å². The summed E-state index contributed by atoms with van der Waals surface area (Å²) in [6, 6.07) is 8.48. The van der Waals surface area contributed by atoms with Gasteiger partial charge in [0.25, 0.3) is 0 Å². The Morgan fingerprint density at radius 2 is 1.85 bits per heavy atom. The molecule has 2 aromatic rings. The van der Waals surface area contributed by atoms with Crippen LogP contribution in [0, 0.1) is 21.8 Å². The molecule has 1 aliphatic rings. The summed E-state index contributed by atoms with van der Waals surface area (Å²) in [7, 11) is 0. The van der Waals surface area contributed by atoms with Crippen molar-refractivity contribution in [3.05, 3.63) is 51.5 Å². The van der Waals surface area contributed by atoms with Gasteiger partial charge in [-0.3, -0.25) is 0 Å². The lowest BCUT2D eigenvalue weighted by Gasteiger charge is -2.20. The maximum Gasteiger partial charge on any atom is 0.123 e. The van der Waals surface area contributed by atoms with Crippen LogP contribution in [-0.4, -0.2) is 4.98 Å². The van der Waals surface area contributed by atoms with E-state index in [0.29, 0.717) is 10.2 Å². The summed E-state index contributed by atoms with van der Waals surface area (Å²) in [5, 5.41) is 9.41. The first-order valence-corrected chi connectivity index (χ1v) is 7.05. The van der Waals surface area contributed by atoms with E-state index in [2.05, 4.69) is 11.1 Å². The fraction of sp³-hybridized carbons (Fsp3) is 0.250. The monoisotopic (exact) mass is 284 g/mol. The molecular weight excluding hydrogens is 271 g/mol. The van der Waals surface area contributed by atoms with Crippen LogP contribution in [0.1, 0.15) is 29.7 Å². The molecule has 0 unspecified atom stereocenters. The molecule has 0 amide bonds. The molecule has 0 aliphatic heterocycles. The van der Waals surface area contributed by atoms with Gasteiger partial charge in [0.2, 0.25) is 0 Å². The van der Waals surface area contributed by atoms with E-state index in [0.717, 1.165) is 48.1 Å². The Bertz CT molecular complexity index is 754. The predicted molar refractivity (Wildman–Crippen MR) is 78.4 cm³/mol. The quantitative estimate of drug-likeness (QED) is 0.793. The molecule has 1 N–H and O–H groups in total. The second kappa shape index (κ2) is 5.18. The molecule has 100 valence electrons. The minimum absolute atomic E-state index is 0.276. The second-order valence-electron chi connectivity index (χ2n) is 4.99. The zero-order valence-corrected chi connectivity index (χ0v) is 11.7. The van der Waals surface area contributed by atoms with Gasteiger partial charge in [-0.25, -0.2) is 4.39 Å². The van der Waals surface area contributed by atoms with Crippen molar-refractivity contribution in [2.45, 2.75) is 25.7 Å². The third-order valence-corrected chi connectivity index (χ3v) is 4.06. The number of nitrogens with one attached hydrogen (secondary N) is 1. The van der Waals surface area contributed by atoms with Gasteiger partial charge in [0, 0.05) is 11.3 Å². The Morgan fingerprint density at radius 1 is 1.15 bits per heavy atom. The number of benzene rings is 1. The van der Waals surface area contributed by atoms with Gasteiger partial charge in [-0.1, -0.05) is 24.4 Å². The summed E-state index contributed by atoms with van der Waals surface area (Å²) in [6.45, 7) is 0. The molecule has 4 heteroatoms. The zero-order valence-electron chi connectivity index (χ0n) is 10.9. The average Bonchev–Trinajstić information content (AvgIpc) is 2.47. The highest BCUT2D eigenvalue weighted by Crippen LogP contribution is 2.33. The first-order chi connectivity index (χ1) is 9.70. The molecular formula is C16H13FN2S. The standard InChI is InChI=1S/C16H13FN2S/c17-11-7-5-10(6-8-11)15-12-3-1-2-4-14(12)19-16(20)13(15)9-18/h5-8H,1-4H2,(H,19,20). The van der Waals surface area contributed by atoms with Gasteiger partial charge < -0.3 is 4.98 Å². The largest absolute Gasteiger partial charge is 0.349 e. The number of hydrogen-bond donors (Lipinski definition) is 1. The number of fused-ring (bicyclic) bond motifs is 1. The van der Waals surface area contributed by atoms with Gasteiger partial charge in [-0.05, 0) is 48.9 Å². The maximum absolute atomic E-state index is 13.1. The van der Waals surface area contributed by atoms with Crippen LogP contribution in [0.15, 0.2) is 24.3 Å². The van der Waals surface area contributed by atoms with Gasteiger partial charge >= 0.3 is 0 Å². The van der Waals surface area contributed by atoms with E-state index >= 15 is 0 Å². The maximum atomic E-state index is 13.1. The van der Waals surface area contributed by atoms with E-state index < -0.39 is 0 Å². The summed E-state index contributed by atoms with van der Waals surface area (Å²) in [6.07, 6.45) is 4.13. The van der Waals surface area contributed by atoms with E-state index in [9.17, 15) is 9.65 Å². The van der Waals surface area contributed by atoms with Crippen molar-refractivity contribution in [2.24, 2.45) is 0 Å². The Labute approximate surface area is 121 Å². The molecule has 20 heavy (non-hydrogen) atoms. The van der Waals surface area contributed by atoms with Crippen LogP contribution in [0.5, 0.6) is 0 Å². The summed E-state index contributed by atoms with van der Waals surface area (Å²) in [5.41, 5.74) is 4.52. The fourth-order valence-corrected chi connectivity index (χ4v) is 3.10. The van der Waals surface area contributed by atoms with Crippen LogP contribution in [0.25, 0.3) is 11.1 Å². The highest BCUT2D eigenvalue weighted by Gasteiger charge is 2.19. The lowest BCUT2D eigenvalue weighted by molar-refractivity contribution is 0.628. The average molecular weight is 284 g/mol. The normalized spacial score (nSPS) is 13.6. The number of H-pyrrole nitrogens is 1. The van der Waals surface area contributed by atoms with Crippen LogP contribution in [-0.2, 0) is 12.8 Å². The van der Waals surface area contributed by atoms with Crippen LogP contribution < -0.4 is 0 Å². The van der Waals surface area contributed by atoms with Crippen molar-refractivity contribution >= 4 is 12.2 Å². The number of halogens is 1. The SMILES string of the molecule is N#Cc1c(-c2ccc(F)cc2)c2c([nH]c1=S)CCCC2. The molecule has 0 fully saturated rings. The molecule has 0 saturated heterocycles. The van der Waals surface area contributed by atoms with Crippen LogP contribution in [0.3, 0.4) is 0 Å². The second-order valence-corrected chi connectivity index (χ2v) is 5.40. The Hall–Kier alpha value is -1.99. The molecule has 1 aromatic carbocycles. The van der Waals surface area contributed by atoms with Crippen molar-refractivity contribution < 1.29 is 4.39 Å². The molecule has 0 atom stereocenters. The molecule has 0 radical (unpaired) electrons. The first-order valence-electron chi connectivity index (χ1n) is 6.65. The number of hydrogen-bond acceptors (Lipinski definition) is 2. The fourth-order valence-electron chi connectivity index (χ4n) is 2.82. The van der Waals surface area contributed by atoms with Gasteiger partial charge in [0.1, 0.15) is 16.5 Å². The van der Waals surface area contributed by atoms with Gasteiger partial charge in [0.15, 0.2) is 0 Å². The molecule has 2 nitrogen and oxygen atoms in total. The van der Waals surface area contributed by atoms with Crippen molar-refractivity contribution in [3.8, 4) is 17.2 Å². The topological polar surface area (TPSA) is 39.6 Å². The van der Waals surface area contributed by atoms with Crippen LogP contribution in [0.2, 0.25) is 0 Å². The summed E-state index contributed by atoms with van der Waals surface area (Å²) in [4.78, 5) is 3.19. The van der Waals surface area contributed by atoms with Gasteiger partial charge in [-0.2, -0.15) is 5.26 Å². The molecule has 3 rings (SSSR count). The zero-order chi connectivity index (χ0) is 14.1. The number of nitriles is 1. The van der Waals surface area contributed by atoms with E-state index in [4.69, 9.17) is 12.2 Å². The molecule has 0 bridgehead atoms. The number of pyridine rings is 1. The molecule has 0 spiro atoms. The highest BCUT2D eigenvalue weighted by atomic mass is 32.1. The minimum Gasteiger partial charge on any atom is -0.349 e. The Balaban J connectivity index is 2.32. The predicted octanol–water partition coefficient (Wildman–Crippen LogP) is 4.30. The Kier molecular flexibility index (Phi) is 3.37. The van der Waals surface area contributed by atoms with Gasteiger partial charge in [0.05, 0.1) is 5.56 Å². The highest BCUT2D eigenvalue weighted by molar-refractivity contribution is 7.71. The molecule has 1 aromatic heterocycles. The smallest absolute Gasteiger partial charge is 0.123 e. The van der Waals surface area contributed by atoms with E-state index in [1.54, 1.807) is 12.1 Å². The van der Waals surface area contributed by atoms with E-state index in [1.807, 2.05) is 0 Å². The van der Waals surface area contributed by atoms with Crippen molar-refractivity contribution in [1.29, 1.82) is 5.26 Å². The van der Waals surface area contributed by atoms with Crippen molar-refractivity contribution in [3.63, 3.8) is 0 Å². The van der Waals surface area contributed by atoms with Gasteiger partial charge in [-0.15, -0.1) is 0 Å². The summed E-state index contributed by atoms with van der Waals surface area (Å²) in [5.74, 6) is -0.276. The molecule has 1 heterocycles. The van der Waals surface area contributed by atoms with E-state index in [-0.39, 0.29) is 5.82 Å². The molecule has 0 saturated carbocycles. The van der Waals surface area contributed by atoms with Crippen molar-refractivity contribution in [2.75, 3.05) is 0 Å². The number of rotatable bonds is 1. The van der Waals surface area contributed by atoms with Crippen molar-refractivity contribution in [1.82, 2.24) is 4.98 Å². The minimum atomic E-state index is -0.276. The number of aromatic nitrogens is 1. The third kappa shape index (κ3) is 2.14. The molecule has 1 aliphatic carbocycles. The number of aryl methyl sites for hydroxylation is 1. The first kappa shape index (κ1) is 13.0. The number of nitrogens with zero attached hydrogens (tertiary/aromatic N) is 1. The van der Waals surface area contributed by atoms with Crippen LogP contribution in [0.4, 0.5) is 4.39 Å². The summed E-state index contributed by atoms with van der Waals surface area (Å²) < 4.78 is 13.6. The summed E-state index contributed by atoms with van der Waals surface area (Å²) >= 11 is 5.30. The van der Waals surface area contributed by atoms with E-state index in [1.165, 1.54) is 12.1 Å². The third-order valence-electron chi connectivity index (χ3n) is 3.76. The lowest BCUT2D eigenvalue weighted by atomic mass is 9.87. The Morgan fingerprint density at radius 3 is 2.55 bits per heavy atom. The number of aromatic amines is 1. The lowest BCUT2D eigenvalue weighted by Crippen LogP contribution is -2.09.